The van der Waals surface area contributed by atoms with Crippen molar-refractivity contribution in [3.8, 4) is 0 Å². The predicted molar refractivity (Wildman–Crippen MR) is 84.8 cm³/mol. The van der Waals surface area contributed by atoms with Gasteiger partial charge in [-0.3, -0.25) is 4.90 Å². The first kappa shape index (κ1) is 15.0. The third kappa shape index (κ3) is 3.46. The highest BCUT2D eigenvalue weighted by Crippen LogP contribution is 2.27. The number of hydrogen-bond donors (Lipinski definition) is 1. The Morgan fingerprint density at radius 1 is 1.24 bits per heavy atom. The summed E-state index contributed by atoms with van der Waals surface area (Å²) in [5, 5.41) is 3.64. The molecule has 2 fully saturated rings. The van der Waals surface area contributed by atoms with Crippen molar-refractivity contribution in [3.05, 3.63) is 35.1 Å². The lowest BCUT2D eigenvalue weighted by atomic mass is 9.88. The summed E-state index contributed by atoms with van der Waals surface area (Å²) in [7, 11) is 0. The molecule has 0 aromatic heterocycles. The summed E-state index contributed by atoms with van der Waals surface area (Å²) in [6.45, 7) is 6.30. The molecule has 3 heteroatoms. The van der Waals surface area contributed by atoms with Crippen LogP contribution < -0.4 is 5.32 Å². The molecule has 0 bridgehead atoms. The number of nitrogens with zero attached hydrogens (tertiary/aromatic N) is 1. The zero-order chi connectivity index (χ0) is 14.7. The van der Waals surface area contributed by atoms with Gasteiger partial charge in [-0.2, -0.15) is 0 Å². The molecule has 0 radical (unpaired) electrons. The molecule has 2 nitrogen and oxygen atoms in total. The molecule has 1 aromatic carbocycles. The lowest BCUT2D eigenvalue weighted by molar-refractivity contribution is 0.155. The molecule has 1 N–H and O–H groups in total. The van der Waals surface area contributed by atoms with Crippen LogP contribution in [0.4, 0.5) is 4.39 Å². The maximum atomic E-state index is 14.1. The fourth-order valence-electron chi connectivity index (χ4n) is 3.96. The third-order valence-electron chi connectivity index (χ3n) is 5.28. The summed E-state index contributed by atoms with van der Waals surface area (Å²) in [6.07, 6.45) is 6.11. The van der Waals surface area contributed by atoms with Gasteiger partial charge in [-0.25, -0.2) is 4.39 Å². The molecule has 0 aliphatic carbocycles. The second-order valence-corrected chi connectivity index (χ2v) is 6.55. The number of aryl methyl sites for hydroxylation is 1. The molecule has 0 spiro atoms. The minimum absolute atomic E-state index is 0.0334. The molecule has 1 unspecified atom stereocenters. The molecule has 0 amide bonds. The van der Waals surface area contributed by atoms with E-state index in [0.717, 1.165) is 49.1 Å². The van der Waals surface area contributed by atoms with E-state index in [-0.39, 0.29) is 5.82 Å². The van der Waals surface area contributed by atoms with Gasteiger partial charge in [0.1, 0.15) is 5.82 Å². The van der Waals surface area contributed by atoms with Crippen molar-refractivity contribution in [1.29, 1.82) is 0 Å². The minimum Gasteiger partial charge on any atom is -0.314 e. The Kier molecular flexibility index (Phi) is 4.91. The molecule has 2 heterocycles. The number of piperidine rings is 1. The van der Waals surface area contributed by atoms with Gasteiger partial charge in [0, 0.05) is 18.2 Å². The summed E-state index contributed by atoms with van der Waals surface area (Å²) >= 11 is 0. The van der Waals surface area contributed by atoms with Crippen LogP contribution in [0.25, 0.3) is 0 Å². The van der Waals surface area contributed by atoms with Crippen LogP contribution in [0.15, 0.2) is 18.2 Å². The average molecular weight is 290 g/mol. The van der Waals surface area contributed by atoms with Crippen LogP contribution in [0.5, 0.6) is 0 Å². The molecule has 2 saturated heterocycles. The van der Waals surface area contributed by atoms with Gasteiger partial charge in [-0.15, -0.1) is 0 Å². The lowest BCUT2D eigenvalue weighted by Gasteiger charge is -2.35. The third-order valence-corrected chi connectivity index (χ3v) is 5.28. The summed E-state index contributed by atoms with van der Waals surface area (Å²) in [4.78, 5) is 2.43. The Bertz CT molecular complexity index is 460. The summed E-state index contributed by atoms with van der Waals surface area (Å²) in [6, 6.07) is 6.24. The van der Waals surface area contributed by atoms with Crippen molar-refractivity contribution in [3.63, 3.8) is 0 Å². The summed E-state index contributed by atoms with van der Waals surface area (Å²) < 4.78 is 14.1. The van der Waals surface area contributed by atoms with Crippen molar-refractivity contribution in [2.45, 2.75) is 51.6 Å². The number of hydrogen-bond acceptors (Lipinski definition) is 2. The molecule has 21 heavy (non-hydrogen) atoms. The van der Waals surface area contributed by atoms with Crippen LogP contribution in [0.2, 0.25) is 0 Å². The minimum atomic E-state index is -0.0334. The molecule has 1 aromatic rings. The van der Waals surface area contributed by atoms with E-state index in [1.807, 2.05) is 6.07 Å². The van der Waals surface area contributed by atoms with Gasteiger partial charge in [-0.05, 0) is 69.3 Å². The lowest BCUT2D eigenvalue weighted by Crippen LogP contribution is -2.40. The van der Waals surface area contributed by atoms with Crippen molar-refractivity contribution in [1.82, 2.24) is 10.2 Å². The molecule has 0 saturated carbocycles. The van der Waals surface area contributed by atoms with E-state index < -0.39 is 0 Å². The van der Waals surface area contributed by atoms with Gasteiger partial charge in [0.2, 0.25) is 0 Å². The standard InChI is InChI=1S/C18H27FN2/c1-2-14-5-3-6-17(19)16(14)13-21-11-8-15(9-12-21)18-7-4-10-20-18/h3,5-6,15,18,20H,2,4,7-13H2,1H3. The number of nitrogens with one attached hydrogen (secondary N) is 1. The van der Waals surface area contributed by atoms with E-state index in [1.54, 1.807) is 6.07 Å². The van der Waals surface area contributed by atoms with Crippen LogP contribution in [0, 0.1) is 11.7 Å². The second kappa shape index (κ2) is 6.89. The van der Waals surface area contributed by atoms with Crippen molar-refractivity contribution in [2.24, 2.45) is 5.92 Å². The van der Waals surface area contributed by atoms with Crippen LogP contribution in [0.3, 0.4) is 0 Å². The predicted octanol–water partition coefficient (Wildman–Crippen LogP) is 3.35. The number of rotatable bonds is 4. The normalized spacial score (nSPS) is 24.6. The Morgan fingerprint density at radius 3 is 2.71 bits per heavy atom. The maximum absolute atomic E-state index is 14.1. The molecular formula is C18H27FN2. The topological polar surface area (TPSA) is 15.3 Å². The molecule has 3 rings (SSSR count). The zero-order valence-electron chi connectivity index (χ0n) is 13.1. The highest BCUT2D eigenvalue weighted by molar-refractivity contribution is 5.28. The van der Waals surface area contributed by atoms with E-state index in [4.69, 9.17) is 0 Å². The highest BCUT2D eigenvalue weighted by atomic mass is 19.1. The smallest absolute Gasteiger partial charge is 0.127 e. The van der Waals surface area contributed by atoms with Crippen LogP contribution >= 0.6 is 0 Å². The maximum Gasteiger partial charge on any atom is 0.127 e. The number of likely N-dealkylation sites (tertiary alicyclic amines) is 1. The van der Waals surface area contributed by atoms with Crippen molar-refractivity contribution < 1.29 is 4.39 Å². The Labute approximate surface area is 127 Å². The first-order chi connectivity index (χ1) is 10.3. The second-order valence-electron chi connectivity index (χ2n) is 6.55. The van der Waals surface area contributed by atoms with Crippen molar-refractivity contribution in [2.75, 3.05) is 19.6 Å². The first-order valence-corrected chi connectivity index (χ1v) is 8.50. The largest absolute Gasteiger partial charge is 0.314 e. The molecule has 1 atom stereocenters. The Balaban J connectivity index is 1.58. The van der Waals surface area contributed by atoms with E-state index >= 15 is 0 Å². The summed E-state index contributed by atoms with van der Waals surface area (Å²) in [5.41, 5.74) is 2.08. The molecule has 116 valence electrons. The Hall–Kier alpha value is -0.930. The van der Waals surface area contributed by atoms with Crippen LogP contribution in [0.1, 0.15) is 43.7 Å². The van der Waals surface area contributed by atoms with Crippen LogP contribution in [-0.2, 0) is 13.0 Å². The monoisotopic (exact) mass is 290 g/mol. The van der Waals surface area contributed by atoms with Gasteiger partial charge < -0.3 is 5.32 Å². The van der Waals surface area contributed by atoms with Gasteiger partial charge in [-0.1, -0.05) is 19.1 Å². The SMILES string of the molecule is CCc1cccc(F)c1CN1CCC(C2CCCN2)CC1. The number of benzene rings is 1. The highest BCUT2D eigenvalue weighted by Gasteiger charge is 2.28. The van der Waals surface area contributed by atoms with E-state index in [1.165, 1.54) is 32.2 Å². The fraction of sp³-hybridized carbons (Fsp3) is 0.667. The van der Waals surface area contributed by atoms with Gasteiger partial charge >= 0.3 is 0 Å². The Morgan fingerprint density at radius 2 is 2.05 bits per heavy atom. The van der Waals surface area contributed by atoms with Gasteiger partial charge in [0.15, 0.2) is 0 Å². The van der Waals surface area contributed by atoms with E-state index in [2.05, 4.69) is 23.2 Å². The number of halogens is 1. The molecular weight excluding hydrogens is 263 g/mol. The fourth-order valence-corrected chi connectivity index (χ4v) is 3.96. The quantitative estimate of drug-likeness (QED) is 0.915. The average Bonchev–Trinajstić information content (AvgIpc) is 3.04. The molecule has 2 aliphatic rings. The molecule has 2 aliphatic heterocycles. The van der Waals surface area contributed by atoms with E-state index in [0.29, 0.717) is 0 Å². The van der Waals surface area contributed by atoms with Crippen LogP contribution in [-0.4, -0.2) is 30.6 Å². The zero-order valence-corrected chi connectivity index (χ0v) is 13.1. The van der Waals surface area contributed by atoms with E-state index in [9.17, 15) is 4.39 Å². The van der Waals surface area contributed by atoms with Gasteiger partial charge in [0.25, 0.3) is 0 Å². The van der Waals surface area contributed by atoms with Crippen molar-refractivity contribution >= 4 is 0 Å². The van der Waals surface area contributed by atoms with Gasteiger partial charge in [0.05, 0.1) is 0 Å². The summed E-state index contributed by atoms with van der Waals surface area (Å²) in [5.74, 6) is 0.795. The first-order valence-electron chi connectivity index (χ1n) is 8.50.